The van der Waals surface area contributed by atoms with Crippen molar-refractivity contribution in [2.45, 2.75) is 25.4 Å². The predicted octanol–water partition coefficient (Wildman–Crippen LogP) is 2.35. The fraction of sp³-hybridized carbons (Fsp3) is 0.389. The third-order valence-corrected chi connectivity index (χ3v) is 4.64. The molecule has 3 aromatic rings. The minimum atomic E-state index is -0.319. The number of hydrogen-bond acceptors (Lipinski definition) is 4. The van der Waals surface area contributed by atoms with Gasteiger partial charge in [0.1, 0.15) is 30.7 Å². The van der Waals surface area contributed by atoms with Crippen molar-refractivity contribution in [3.05, 3.63) is 48.1 Å². The van der Waals surface area contributed by atoms with Gasteiger partial charge in [-0.15, -0.1) is 0 Å². The molecular formula is C18H20FN5O2. The van der Waals surface area contributed by atoms with E-state index in [4.69, 9.17) is 4.74 Å². The first kappa shape index (κ1) is 16.7. The Labute approximate surface area is 149 Å². The second-order valence-corrected chi connectivity index (χ2v) is 6.49. The van der Waals surface area contributed by atoms with Crippen LogP contribution < -0.4 is 0 Å². The van der Waals surface area contributed by atoms with E-state index in [-0.39, 0.29) is 30.9 Å². The number of aromatic amines is 2. The van der Waals surface area contributed by atoms with E-state index < -0.39 is 0 Å². The number of imidazole rings is 2. The highest BCUT2D eigenvalue weighted by molar-refractivity contribution is 5.77. The van der Waals surface area contributed by atoms with Crippen LogP contribution in [-0.4, -0.2) is 50.4 Å². The molecule has 136 valence electrons. The van der Waals surface area contributed by atoms with Crippen LogP contribution in [0.25, 0.3) is 11.0 Å². The van der Waals surface area contributed by atoms with E-state index in [1.807, 2.05) is 4.90 Å². The van der Waals surface area contributed by atoms with Crippen molar-refractivity contribution in [3.63, 3.8) is 0 Å². The van der Waals surface area contributed by atoms with E-state index in [0.717, 1.165) is 25.2 Å². The lowest BCUT2D eigenvalue weighted by molar-refractivity contribution is -0.137. The normalized spacial score (nSPS) is 17.7. The number of aromatic nitrogens is 4. The van der Waals surface area contributed by atoms with Gasteiger partial charge in [0.05, 0.1) is 11.0 Å². The van der Waals surface area contributed by atoms with E-state index in [0.29, 0.717) is 23.4 Å². The number of likely N-dealkylation sites (tertiary alicyclic amines) is 1. The van der Waals surface area contributed by atoms with Crippen molar-refractivity contribution in [1.29, 1.82) is 0 Å². The van der Waals surface area contributed by atoms with Crippen molar-refractivity contribution >= 4 is 16.9 Å². The fourth-order valence-corrected chi connectivity index (χ4v) is 3.36. The number of piperidine rings is 1. The highest BCUT2D eigenvalue weighted by Crippen LogP contribution is 2.24. The molecule has 1 aliphatic heterocycles. The van der Waals surface area contributed by atoms with Crippen LogP contribution in [0, 0.1) is 5.82 Å². The number of carbonyl (C=O) groups excluding carboxylic acids is 1. The molecule has 0 bridgehead atoms. The Morgan fingerprint density at radius 2 is 2.35 bits per heavy atom. The number of nitrogens with one attached hydrogen (secondary N) is 2. The number of benzene rings is 1. The quantitative estimate of drug-likeness (QED) is 0.734. The Morgan fingerprint density at radius 1 is 1.42 bits per heavy atom. The Morgan fingerprint density at radius 3 is 3.19 bits per heavy atom. The van der Waals surface area contributed by atoms with E-state index in [1.165, 1.54) is 12.1 Å². The van der Waals surface area contributed by atoms with Crippen LogP contribution in [0.1, 0.15) is 30.4 Å². The molecule has 1 aliphatic rings. The van der Waals surface area contributed by atoms with E-state index in [2.05, 4.69) is 19.9 Å². The van der Waals surface area contributed by atoms with Gasteiger partial charge in [0.15, 0.2) is 0 Å². The molecular weight excluding hydrogens is 337 g/mol. The number of ether oxygens (including phenoxy) is 1. The van der Waals surface area contributed by atoms with Crippen molar-refractivity contribution in [2.75, 3.05) is 19.7 Å². The molecule has 0 spiro atoms. The van der Waals surface area contributed by atoms with Gasteiger partial charge in [0.25, 0.3) is 0 Å². The molecule has 0 unspecified atom stereocenters. The van der Waals surface area contributed by atoms with Gasteiger partial charge in [-0.1, -0.05) is 0 Å². The van der Waals surface area contributed by atoms with Crippen LogP contribution in [0.15, 0.2) is 30.6 Å². The lowest BCUT2D eigenvalue weighted by atomic mass is 9.97. The lowest BCUT2D eigenvalue weighted by Crippen LogP contribution is -2.41. The summed E-state index contributed by atoms with van der Waals surface area (Å²) in [7, 11) is 0. The third-order valence-electron chi connectivity index (χ3n) is 4.64. The first-order valence-corrected chi connectivity index (χ1v) is 8.68. The van der Waals surface area contributed by atoms with Crippen LogP contribution in [0.2, 0.25) is 0 Å². The van der Waals surface area contributed by atoms with Crippen LogP contribution >= 0.6 is 0 Å². The summed E-state index contributed by atoms with van der Waals surface area (Å²) in [6.07, 6.45) is 5.51. The highest BCUT2D eigenvalue weighted by Gasteiger charge is 2.26. The summed E-state index contributed by atoms with van der Waals surface area (Å²) in [6.45, 7) is 1.57. The summed E-state index contributed by atoms with van der Waals surface area (Å²) in [4.78, 5) is 29.0. The summed E-state index contributed by atoms with van der Waals surface area (Å²) >= 11 is 0. The maximum Gasteiger partial charge on any atom is 0.248 e. The smallest absolute Gasteiger partial charge is 0.248 e. The molecule has 0 saturated carbocycles. The van der Waals surface area contributed by atoms with Gasteiger partial charge in [-0.3, -0.25) is 4.79 Å². The molecule has 0 radical (unpaired) electrons. The van der Waals surface area contributed by atoms with E-state index in [1.54, 1.807) is 18.5 Å². The number of carbonyl (C=O) groups is 1. The van der Waals surface area contributed by atoms with Gasteiger partial charge in [-0.25, -0.2) is 14.4 Å². The average molecular weight is 357 g/mol. The molecule has 8 heteroatoms. The van der Waals surface area contributed by atoms with Crippen LogP contribution in [0.4, 0.5) is 4.39 Å². The van der Waals surface area contributed by atoms with E-state index in [9.17, 15) is 9.18 Å². The first-order valence-electron chi connectivity index (χ1n) is 8.68. The maximum absolute atomic E-state index is 13.2. The molecule has 2 aromatic heterocycles. The Kier molecular flexibility index (Phi) is 4.66. The molecule has 3 heterocycles. The lowest BCUT2D eigenvalue weighted by Gasteiger charge is -2.31. The second kappa shape index (κ2) is 7.25. The molecule has 0 aliphatic carbocycles. The summed E-state index contributed by atoms with van der Waals surface area (Å²) in [5.74, 6) is 1.39. The van der Waals surface area contributed by atoms with Crippen LogP contribution in [0.3, 0.4) is 0 Å². The van der Waals surface area contributed by atoms with Gasteiger partial charge in [0, 0.05) is 31.4 Å². The van der Waals surface area contributed by atoms with E-state index >= 15 is 0 Å². The molecule has 2 N–H and O–H groups in total. The SMILES string of the molecule is O=C(COCc1nc2ccc(F)cc2[nH]1)N1CCC[C@@H](c2ncc[nH]2)C1. The van der Waals surface area contributed by atoms with Crippen molar-refractivity contribution in [1.82, 2.24) is 24.8 Å². The number of rotatable bonds is 5. The molecule has 26 heavy (non-hydrogen) atoms. The number of fused-ring (bicyclic) bond motifs is 1. The predicted molar refractivity (Wildman–Crippen MR) is 92.9 cm³/mol. The van der Waals surface area contributed by atoms with Crippen molar-refractivity contribution < 1.29 is 13.9 Å². The average Bonchev–Trinajstić information content (AvgIpc) is 3.31. The zero-order valence-corrected chi connectivity index (χ0v) is 14.2. The number of halogens is 1. The van der Waals surface area contributed by atoms with Crippen molar-refractivity contribution in [3.8, 4) is 0 Å². The standard InChI is InChI=1S/C18H20FN5O2/c19-13-3-4-14-15(8-13)23-16(22-14)10-26-11-17(25)24-7-1-2-12(9-24)18-20-5-6-21-18/h3-6,8,12H,1-2,7,9-11H2,(H,20,21)(H,22,23)/t12-/m1/s1. The van der Waals surface area contributed by atoms with Crippen molar-refractivity contribution in [2.24, 2.45) is 0 Å². The van der Waals surface area contributed by atoms with Crippen LogP contribution in [-0.2, 0) is 16.1 Å². The van der Waals surface area contributed by atoms with Crippen LogP contribution in [0.5, 0.6) is 0 Å². The Balaban J connectivity index is 1.30. The summed E-state index contributed by atoms with van der Waals surface area (Å²) in [6, 6.07) is 4.36. The molecule has 1 fully saturated rings. The number of hydrogen-bond donors (Lipinski definition) is 2. The Bertz CT molecular complexity index is 892. The summed E-state index contributed by atoms with van der Waals surface area (Å²) in [5.41, 5.74) is 1.29. The molecule has 1 atom stereocenters. The molecule has 1 amide bonds. The minimum absolute atomic E-state index is 0.00369. The zero-order chi connectivity index (χ0) is 17.9. The monoisotopic (exact) mass is 357 g/mol. The molecule has 7 nitrogen and oxygen atoms in total. The zero-order valence-electron chi connectivity index (χ0n) is 14.2. The number of H-pyrrole nitrogens is 2. The first-order chi connectivity index (χ1) is 12.7. The fourth-order valence-electron chi connectivity index (χ4n) is 3.36. The largest absolute Gasteiger partial charge is 0.364 e. The molecule has 4 rings (SSSR count). The van der Waals surface area contributed by atoms with Gasteiger partial charge >= 0.3 is 0 Å². The van der Waals surface area contributed by atoms with Gasteiger partial charge in [0.2, 0.25) is 5.91 Å². The van der Waals surface area contributed by atoms with Gasteiger partial charge in [-0.05, 0) is 31.0 Å². The topological polar surface area (TPSA) is 86.9 Å². The summed E-state index contributed by atoms with van der Waals surface area (Å²) in [5, 5.41) is 0. The number of amides is 1. The Hall–Kier alpha value is -2.74. The molecule has 1 saturated heterocycles. The van der Waals surface area contributed by atoms with Gasteiger partial charge < -0.3 is 19.6 Å². The summed E-state index contributed by atoms with van der Waals surface area (Å²) < 4.78 is 18.7. The minimum Gasteiger partial charge on any atom is -0.364 e. The maximum atomic E-state index is 13.2. The number of nitrogens with zero attached hydrogens (tertiary/aromatic N) is 3. The molecule has 1 aromatic carbocycles. The highest BCUT2D eigenvalue weighted by atomic mass is 19.1. The third kappa shape index (κ3) is 3.60. The van der Waals surface area contributed by atoms with Gasteiger partial charge in [-0.2, -0.15) is 0 Å². The second-order valence-electron chi connectivity index (χ2n) is 6.49.